The monoisotopic (exact) mass is 347 g/mol. The quantitative estimate of drug-likeness (QED) is 0.737. The maximum Gasteiger partial charge on any atom is 0.322 e. The number of urea groups is 1. The van der Waals surface area contributed by atoms with Gasteiger partial charge in [0.25, 0.3) is 0 Å². The molecule has 1 aliphatic rings. The van der Waals surface area contributed by atoms with Crippen LogP contribution in [0.3, 0.4) is 0 Å². The fourth-order valence-electron chi connectivity index (χ4n) is 3.43. The van der Waals surface area contributed by atoms with Gasteiger partial charge in [0.05, 0.1) is 25.4 Å². The number of rotatable bonds is 2. The van der Waals surface area contributed by atoms with Crippen LogP contribution < -0.4 is 10.1 Å². The first-order valence-electron chi connectivity index (χ1n) is 8.64. The molecule has 0 fully saturated rings. The molecule has 0 radical (unpaired) electrons. The maximum absolute atomic E-state index is 13.0. The topological polar surface area (TPSA) is 46.5 Å². The fraction of sp³-hybridized carbons (Fsp3) is 0.190. The van der Waals surface area contributed by atoms with Crippen LogP contribution in [0.4, 0.5) is 10.5 Å². The lowest BCUT2D eigenvalue weighted by Crippen LogP contribution is -2.36. The molecule has 3 aromatic rings. The highest BCUT2D eigenvalue weighted by Gasteiger charge is 2.28. The van der Waals surface area contributed by atoms with Crippen LogP contribution in [0.15, 0.2) is 66.9 Å². The molecule has 2 heterocycles. The number of nitrogens with zero attached hydrogens (tertiary/aromatic N) is 2. The number of carbonyl (C=O) groups is 1. The average Bonchev–Trinajstić information content (AvgIpc) is 3.12. The van der Waals surface area contributed by atoms with E-state index >= 15 is 0 Å². The SMILES string of the molecule is COc1ccc(NC(=O)N2Cc3ccccc3-n3cccc3C2C)cc1. The van der Waals surface area contributed by atoms with Crippen molar-refractivity contribution in [2.45, 2.75) is 19.5 Å². The number of nitrogens with one attached hydrogen (secondary N) is 1. The van der Waals surface area contributed by atoms with Gasteiger partial charge in [-0.15, -0.1) is 0 Å². The number of amides is 2. The van der Waals surface area contributed by atoms with Gasteiger partial charge in [0, 0.05) is 17.6 Å². The van der Waals surface area contributed by atoms with Gasteiger partial charge in [0.2, 0.25) is 0 Å². The van der Waals surface area contributed by atoms with Crippen LogP contribution in [-0.4, -0.2) is 22.6 Å². The lowest BCUT2D eigenvalue weighted by atomic mass is 10.1. The van der Waals surface area contributed by atoms with E-state index in [4.69, 9.17) is 4.74 Å². The highest BCUT2D eigenvalue weighted by molar-refractivity contribution is 5.89. The lowest BCUT2D eigenvalue weighted by molar-refractivity contribution is 0.189. The second-order valence-corrected chi connectivity index (χ2v) is 6.39. The first-order chi connectivity index (χ1) is 12.7. The van der Waals surface area contributed by atoms with Gasteiger partial charge in [0.1, 0.15) is 5.75 Å². The summed E-state index contributed by atoms with van der Waals surface area (Å²) in [6.07, 6.45) is 2.05. The Balaban J connectivity index is 1.65. The Kier molecular flexibility index (Phi) is 4.13. The Bertz CT molecular complexity index is 930. The molecule has 2 aromatic carbocycles. The van der Waals surface area contributed by atoms with Gasteiger partial charge in [-0.25, -0.2) is 4.79 Å². The van der Waals surface area contributed by atoms with Crippen molar-refractivity contribution < 1.29 is 9.53 Å². The van der Waals surface area contributed by atoms with Gasteiger partial charge in [-0.2, -0.15) is 0 Å². The van der Waals surface area contributed by atoms with Gasteiger partial charge in [0.15, 0.2) is 0 Å². The van der Waals surface area contributed by atoms with E-state index in [9.17, 15) is 4.79 Å². The molecule has 1 atom stereocenters. The molecule has 1 aromatic heterocycles. The molecule has 4 rings (SSSR count). The third-order valence-electron chi connectivity index (χ3n) is 4.87. The molecular weight excluding hydrogens is 326 g/mol. The molecule has 1 unspecified atom stereocenters. The van der Waals surface area contributed by atoms with Gasteiger partial charge < -0.3 is 19.5 Å². The molecule has 0 bridgehead atoms. The van der Waals surface area contributed by atoms with Gasteiger partial charge >= 0.3 is 6.03 Å². The molecule has 26 heavy (non-hydrogen) atoms. The number of para-hydroxylation sites is 1. The second kappa shape index (κ2) is 6.59. The Morgan fingerprint density at radius 2 is 1.85 bits per heavy atom. The van der Waals surface area contributed by atoms with E-state index in [1.807, 2.05) is 47.4 Å². The Morgan fingerprint density at radius 3 is 2.62 bits per heavy atom. The van der Waals surface area contributed by atoms with Crippen molar-refractivity contribution in [1.29, 1.82) is 0 Å². The standard InChI is InChI=1S/C21H21N3O2/c1-15-19-8-5-13-23(19)20-7-4-3-6-16(20)14-24(15)21(25)22-17-9-11-18(26-2)12-10-17/h3-13,15H,14H2,1-2H3,(H,22,25). The Hall–Kier alpha value is -3.21. The van der Waals surface area contributed by atoms with Crippen LogP contribution >= 0.6 is 0 Å². The molecule has 1 N–H and O–H groups in total. The highest BCUT2D eigenvalue weighted by Crippen LogP contribution is 2.32. The maximum atomic E-state index is 13.0. The minimum Gasteiger partial charge on any atom is -0.497 e. The highest BCUT2D eigenvalue weighted by atomic mass is 16.5. The number of fused-ring (bicyclic) bond motifs is 3. The summed E-state index contributed by atoms with van der Waals surface area (Å²) in [4.78, 5) is 14.9. The molecule has 2 amide bonds. The van der Waals surface area contributed by atoms with E-state index in [2.05, 4.69) is 41.2 Å². The van der Waals surface area contributed by atoms with Crippen molar-refractivity contribution in [3.8, 4) is 11.4 Å². The van der Waals surface area contributed by atoms with E-state index in [0.717, 1.165) is 28.4 Å². The molecule has 5 nitrogen and oxygen atoms in total. The molecule has 0 spiro atoms. The number of anilines is 1. The molecule has 1 aliphatic heterocycles. The van der Waals surface area contributed by atoms with Crippen LogP contribution in [0.25, 0.3) is 5.69 Å². The molecule has 132 valence electrons. The van der Waals surface area contributed by atoms with E-state index in [0.29, 0.717) is 6.54 Å². The number of carbonyl (C=O) groups excluding carboxylic acids is 1. The van der Waals surface area contributed by atoms with Crippen LogP contribution in [0.1, 0.15) is 24.2 Å². The summed E-state index contributed by atoms with van der Waals surface area (Å²) in [6, 6.07) is 19.5. The summed E-state index contributed by atoms with van der Waals surface area (Å²) in [5.41, 5.74) is 4.09. The van der Waals surface area contributed by atoms with Crippen molar-refractivity contribution in [2.75, 3.05) is 12.4 Å². The zero-order chi connectivity index (χ0) is 18.1. The lowest BCUT2D eigenvalue weighted by Gasteiger charge is -2.27. The summed E-state index contributed by atoms with van der Waals surface area (Å²) in [7, 11) is 1.62. The predicted molar refractivity (Wildman–Crippen MR) is 102 cm³/mol. The van der Waals surface area contributed by atoms with Crippen LogP contribution in [-0.2, 0) is 6.54 Å². The zero-order valence-electron chi connectivity index (χ0n) is 14.8. The van der Waals surface area contributed by atoms with Crippen LogP contribution in [0, 0.1) is 0 Å². The van der Waals surface area contributed by atoms with E-state index in [-0.39, 0.29) is 12.1 Å². The third-order valence-corrected chi connectivity index (χ3v) is 4.87. The number of hydrogen-bond donors (Lipinski definition) is 1. The van der Waals surface area contributed by atoms with Gasteiger partial charge in [-0.3, -0.25) is 0 Å². The first kappa shape index (κ1) is 16.3. The Labute approximate surface area is 152 Å². The molecular formula is C21H21N3O2. The van der Waals surface area contributed by atoms with E-state index in [1.165, 1.54) is 0 Å². The molecule has 5 heteroatoms. The van der Waals surface area contributed by atoms with Crippen LogP contribution in [0.5, 0.6) is 5.75 Å². The molecule has 0 saturated heterocycles. The fourth-order valence-corrected chi connectivity index (χ4v) is 3.43. The number of aromatic nitrogens is 1. The Morgan fingerprint density at radius 1 is 1.08 bits per heavy atom. The first-order valence-corrected chi connectivity index (χ1v) is 8.64. The van der Waals surface area contributed by atoms with Crippen molar-refractivity contribution >= 4 is 11.7 Å². The van der Waals surface area contributed by atoms with Gasteiger partial charge in [-0.1, -0.05) is 18.2 Å². The molecule has 0 saturated carbocycles. The summed E-state index contributed by atoms with van der Waals surface area (Å²) in [5.74, 6) is 0.762. The number of benzene rings is 2. The molecule has 0 aliphatic carbocycles. The average molecular weight is 347 g/mol. The minimum atomic E-state index is -0.118. The van der Waals surface area contributed by atoms with Crippen molar-refractivity contribution in [2.24, 2.45) is 0 Å². The van der Waals surface area contributed by atoms with Crippen molar-refractivity contribution in [1.82, 2.24) is 9.47 Å². The van der Waals surface area contributed by atoms with Crippen molar-refractivity contribution in [3.63, 3.8) is 0 Å². The largest absolute Gasteiger partial charge is 0.497 e. The van der Waals surface area contributed by atoms with Crippen LogP contribution in [0.2, 0.25) is 0 Å². The summed E-state index contributed by atoms with van der Waals surface area (Å²) < 4.78 is 7.33. The van der Waals surface area contributed by atoms with E-state index < -0.39 is 0 Å². The predicted octanol–water partition coefficient (Wildman–Crippen LogP) is 4.59. The summed E-state index contributed by atoms with van der Waals surface area (Å²) in [5, 5.41) is 3.00. The minimum absolute atomic E-state index is 0.0457. The van der Waals surface area contributed by atoms with Gasteiger partial charge in [-0.05, 0) is 55.0 Å². The number of methoxy groups -OCH3 is 1. The zero-order valence-corrected chi connectivity index (χ0v) is 14.8. The number of ether oxygens (including phenoxy) is 1. The smallest absolute Gasteiger partial charge is 0.322 e. The summed E-state index contributed by atoms with van der Waals surface area (Å²) in [6.45, 7) is 2.62. The normalized spacial score (nSPS) is 15.6. The van der Waals surface area contributed by atoms with Crippen molar-refractivity contribution in [3.05, 3.63) is 78.1 Å². The number of hydrogen-bond acceptors (Lipinski definition) is 2. The third kappa shape index (κ3) is 2.81. The van der Waals surface area contributed by atoms with E-state index in [1.54, 1.807) is 7.11 Å². The summed E-state index contributed by atoms with van der Waals surface area (Å²) >= 11 is 0. The second-order valence-electron chi connectivity index (χ2n) is 6.39.